The number of benzene rings is 2. The zero-order valence-electron chi connectivity index (χ0n) is 17.7. The normalized spacial score (nSPS) is 15.7. The fourth-order valence-corrected chi connectivity index (χ4v) is 4.43. The van der Waals surface area contributed by atoms with Gasteiger partial charge in [-0.25, -0.2) is 0 Å². The number of halogens is 1. The first-order valence-electron chi connectivity index (χ1n) is 9.82. The van der Waals surface area contributed by atoms with Crippen molar-refractivity contribution in [3.8, 4) is 11.5 Å². The number of ether oxygens (including phenoxy) is 2. The third kappa shape index (κ3) is 4.53. The molecule has 0 spiro atoms. The first-order chi connectivity index (χ1) is 15.4. The van der Waals surface area contributed by atoms with Gasteiger partial charge in [-0.3, -0.25) is 14.9 Å². The number of rotatable bonds is 6. The first-order valence-corrected chi connectivity index (χ1v) is 11.0. The quantitative estimate of drug-likeness (QED) is 0.575. The summed E-state index contributed by atoms with van der Waals surface area (Å²) in [5.74, 6) is 0.548. The van der Waals surface area contributed by atoms with Crippen molar-refractivity contribution in [3.05, 3.63) is 57.6 Å². The second-order valence-electron chi connectivity index (χ2n) is 7.34. The molecule has 1 N–H and O–H groups in total. The van der Waals surface area contributed by atoms with Crippen LogP contribution in [0.15, 0.2) is 36.4 Å². The molecule has 1 saturated heterocycles. The Balaban J connectivity index is 1.46. The monoisotopic (exact) mass is 472 g/mol. The summed E-state index contributed by atoms with van der Waals surface area (Å²) in [5, 5.41) is 12.7. The summed E-state index contributed by atoms with van der Waals surface area (Å²) in [6, 6.07) is 10.5. The van der Waals surface area contributed by atoms with Crippen LogP contribution >= 0.6 is 22.9 Å². The number of nitrogens with one attached hydrogen (secondary N) is 1. The average molecular weight is 473 g/mol. The Hall–Kier alpha value is -3.17. The van der Waals surface area contributed by atoms with E-state index < -0.39 is 0 Å². The van der Waals surface area contributed by atoms with Crippen LogP contribution in [0.5, 0.6) is 11.5 Å². The van der Waals surface area contributed by atoms with Gasteiger partial charge in [0.15, 0.2) is 0 Å². The van der Waals surface area contributed by atoms with Gasteiger partial charge < -0.3 is 14.4 Å². The Morgan fingerprint density at radius 3 is 2.53 bits per heavy atom. The number of hydrogen-bond donors (Lipinski definition) is 1. The van der Waals surface area contributed by atoms with Gasteiger partial charge in [0.2, 0.25) is 11.0 Å². The fourth-order valence-electron chi connectivity index (χ4n) is 3.43. The van der Waals surface area contributed by atoms with Gasteiger partial charge in [-0.1, -0.05) is 29.0 Å². The van der Waals surface area contributed by atoms with Gasteiger partial charge >= 0.3 is 0 Å². The molecule has 4 rings (SSSR count). The number of methoxy groups -OCH3 is 2. The summed E-state index contributed by atoms with van der Waals surface area (Å²) >= 11 is 7.48. The molecule has 1 aromatic heterocycles. The summed E-state index contributed by atoms with van der Waals surface area (Å²) in [5.41, 5.74) is 2.09. The molecule has 1 aliphatic heterocycles. The van der Waals surface area contributed by atoms with Gasteiger partial charge in [0.05, 0.1) is 14.2 Å². The van der Waals surface area contributed by atoms with E-state index in [0.717, 1.165) is 11.3 Å². The number of carbonyl (C=O) groups excluding carboxylic acids is 2. The number of carbonyl (C=O) groups is 2. The number of hydrogen-bond acceptors (Lipinski definition) is 7. The molecule has 166 valence electrons. The minimum Gasteiger partial charge on any atom is -0.497 e. The summed E-state index contributed by atoms with van der Waals surface area (Å²) in [4.78, 5) is 27.0. The summed E-state index contributed by atoms with van der Waals surface area (Å²) in [6.45, 7) is 2.40. The molecule has 1 aliphatic rings. The summed E-state index contributed by atoms with van der Waals surface area (Å²) in [7, 11) is 3.04. The van der Waals surface area contributed by atoms with E-state index in [1.165, 1.54) is 25.6 Å². The molecule has 2 heterocycles. The van der Waals surface area contributed by atoms with Crippen molar-refractivity contribution in [2.75, 3.05) is 31.0 Å². The molecule has 0 radical (unpaired) electrons. The van der Waals surface area contributed by atoms with Crippen molar-refractivity contribution in [2.24, 2.45) is 0 Å². The van der Waals surface area contributed by atoms with Crippen molar-refractivity contribution in [2.45, 2.75) is 19.3 Å². The summed E-state index contributed by atoms with van der Waals surface area (Å²) in [6.07, 6.45) is 0.321. The molecule has 1 atom stereocenters. The lowest BCUT2D eigenvalue weighted by Gasteiger charge is -2.17. The number of aromatic nitrogens is 2. The van der Waals surface area contributed by atoms with Crippen LogP contribution in [0, 0.1) is 6.92 Å². The second kappa shape index (κ2) is 9.13. The number of anilines is 2. The molecule has 0 bridgehead atoms. The van der Waals surface area contributed by atoms with E-state index in [2.05, 4.69) is 15.5 Å². The highest BCUT2D eigenvalue weighted by atomic mass is 35.5. The van der Waals surface area contributed by atoms with Crippen LogP contribution in [-0.2, 0) is 4.79 Å². The third-order valence-corrected chi connectivity index (χ3v) is 6.62. The van der Waals surface area contributed by atoms with Gasteiger partial charge in [0.25, 0.3) is 5.91 Å². The van der Waals surface area contributed by atoms with Crippen LogP contribution in [0.4, 0.5) is 10.8 Å². The van der Waals surface area contributed by atoms with Crippen molar-refractivity contribution in [3.63, 3.8) is 0 Å². The number of aryl methyl sites for hydroxylation is 1. The lowest BCUT2D eigenvalue weighted by molar-refractivity contribution is -0.117. The van der Waals surface area contributed by atoms with Crippen LogP contribution in [0.2, 0.25) is 5.02 Å². The van der Waals surface area contributed by atoms with Crippen LogP contribution in [0.1, 0.15) is 33.3 Å². The Bertz CT molecular complexity index is 1160. The van der Waals surface area contributed by atoms with E-state index >= 15 is 0 Å². The van der Waals surface area contributed by atoms with Gasteiger partial charge in [-0.2, -0.15) is 0 Å². The molecule has 1 unspecified atom stereocenters. The summed E-state index contributed by atoms with van der Waals surface area (Å²) < 4.78 is 10.4. The SMILES string of the molecule is COc1cc(OC)cc(C(=O)Nc2nnc(C3CC(=O)N(c4ccc(C)c(Cl)c4)C3)s2)c1. The maximum Gasteiger partial charge on any atom is 0.257 e. The zero-order valence-corrected chi connectivity index (χ0v) is 19.3. The molecule has 32 heavy (non-hydrogen) atoms. The standard InChI is InChI=1S/C22H21ClN4O4S/c1-12-4-5-15(9-18(12)23)27-11-14(8-19(27)28)21-25-26-22(32-21)24-20(29)13-6-16(30-2)10-17(7-13)31-3/h4-7,9-10,14H,8,11H2,1-3H3,(H,24,26,29). The number of nitrogens with zero attached hydrogens (tertiary/aromatic N) is 3. The van der Waals surface area contributed by atoms with Gasteiger partial charge in [-0.15, -0.1) is 10.2 Å². The molecule has 0 aliphatic carbocycles. The second-order valence-corrected chi connectivity index (χ2v) is 8.76. The lowest BCUT2D eigenvalue weighted by Crippen LogP contribution is -2.24. The molecule has 3 aromatic rings. The minimum atomic E-state index is -0.358. The van der Waals surface area contributed by atoms with Crippen LogP contribution < -0.4 is 19.7 Å². The topological polar surface area (TPSA) is 93.6 Å². The highest BCUT2D eigenvalue weighted by Gasteiger charge is 2.34. The third-order valence-electron chi connectivity index (χ3n) is 5.22. The van der Waals surface area contributed by atoms with Crippen molar-refractivity contribution < 1.29 is 19.1 Å². The Morgan fingerprint density at radius 1 is 1.16 bits per heavy atom. The largest absolute Gasteiger partial charge is 0.497 e. The molecular weight excluding hydrogens is 452 g/mol. The first kappa shape index (κ1) is 22.0. The lowest BCUT2D eigenvalue weighted by atomic mass is 10.1. The predicted molar refractivity (Wildman–Crippen MR) is 123 cm³/mol. The highest BCUT2D eigenvalue weighted by Crippen LogP contribution is 2.35. The van der Waals surface area contributed by atoms with E-state index in [0.29, 0.717) is 45.2 Å². The van der Waals surface area contributed by atoms with Gasteiger partial charge in [0, 0.05) is 41.2 Å². The van der Waals surface area contributed by atoms with Crippen molar-refractivity contribution in [1.82, 2.24) is 10.2 Å². The van der Waals surface area contributed by atoms with Crippen molar-refractivity contribution in [1.29, 1.82) is 0 Å². The molecule has 1 fully saturated rings. The molecule has 0 saturated carbocycles. The fraction of sp³-hybridized carbons (Fsp3) is 0.273. The van der Waals surface area contributed by atoms with E-state index in [-0.39, 0.29) is 17.7 Å². The predicted octanol–water partition coefficient (Wildman–Crippen LogP) is 4.29. The van der Waals surface area contributed by atoms with E-state index in [4.69, 9.17) is 21.1 Å². The van der Waals surface area contributed by atoms with E-state index in [1.807, 2.05) is 19.1 Å². The van der Waals surface area contributed by atoms with Crippen LogP contribution in [0.3, 0.4) is 0 Å². The smallest absolute Gasteiger partial charge is 0.257 e. The highest BCUT2D eigenvalue weighted by molar-refractivity contribution is 7.15. The molecule has 8 nitrogen and oxygen atoms in total. The Kier molecular flexibility index (Phi) is 6.29. The maximum atomic E-state index is 12.7. The minimum absolute atomic E-state index is 0.000758. The van der Waals surface area contributed by atoms with Gasteiger partial charge in [-0.05, 0) is 36.8 Å². The Labute approximate surface area is 194 Å². The van der Waals surface area contributed by atoms with Gasteiger partial charge in [0.1, 0.15) is 16.5 Å². The number of amides is 2. The maximum absolute atomic E-state index is 12.7. The van der Waals surface area contributed by atoms with Crippen LogP contribution in [0.25, 0.3) is 0 Å². The molecule has 10 heteroatoms. The van der Waals surface area contributed by atoms with Crippen molar-refractivity contribution >= 4 is 45.6 Å². The van der Waals surface area contributed by atoms with E-state index in [1.54, 1.807) is 29.2 Å². The average Bonchev–Trinajstić information content (AvgIpc) is 3.41. The molecule has 2 amide bonds. The van der Waals surface area contributed by atoms with E-state index in [9.17, 15) is 9.59 Å². The zero-order chi connectivity index (χ0) is 22.8. The molecular formula is C22H21ClN4O4S. The Morgan fingerprint density at radius 2 is 1.88 bits per heavy atom. The molecule has 2 aromatic carbocycles. The van der Waals surface area contributed by atoms with Crippen LogP contribution in [-0.4, -0.2) is 42.8 Å².